The molecule has 8 nitrogen and oxygen atoms in total. The second-order valence-electron chi connectivity index (χ2n) is 3.22. The highest BCUT2D eigenvalue weighted by molar-refractivity contribution is 6.01. The van der Waals surface area contributed by atoms with Crippen LogP contribution >= 0.6 is 0 Å². The number of anilines is 1. The molecule has 8 heteroatoms. The van der Waals surface area contributed by atoms with Crippen LogP contribution in [0.2, 0.25) is 0 Å². The molecule has 0 saturated heterocycles. The minimum absolute atomic E-state index is 0.172. The van der Waals surface area contributed by atoms with Gasteiger partial charge >= 0.3 is 12.0 Å². The number of aryl methyl sites for hydroxylation is 1. The predicted molar refractivity (Wildman–Crippen MR) is 55.3 cm³/mol. The van der Waals surface area contributed by atoms with Gasteiger partial charge in [-0.3, -0.25) is 20.2 Å². The number of hydrogen-bond acceptors (Lipinski definition) is 5. The molecule has 1 aromatic heterocycles. The van der Waals surface area contributed by atoms with Gasteiger partial charge in [-0.1, -0.05) is 5.16 Å². The van der Waals surface area contributed by atoms with Crippen LogP contribution in [-0.4, -0.2) is 28.2 Å². The average Bonchev–Trinajstić information content (AvgIpc) is 2.60. The monoisotopic (exact) mass is 241 g/mol. The normalized spacial score (nSPS) is 9.71. The molecule has 3 N–H and O–H groups in total. The first-order valence-corrected chi connectivity index (χ1v) is 4.73. The number of nitrogens with one attached hydrogen (secondary N) is 2. The molecule has 0 spiro atoms. The van der Waals surface area contributed by atoms with Crippen LogP contribution in [0, 0.1) is 6.92 Å². The number of carboxylic acids is 1. The van der Waals surface area contributed by atoms with Crippen molar-refractivity contribution < 1.29 is 24.0 Å². The Balaban J connectivity index is 2.34. The maximum Gasteiger partial charge on any atom is 0.327 e. The molecule has 0 aliphatic carbocycles. The zero-order valence-corrected chi connectivity index (χ0v) is 9.02. The maximum atomic E-state index is 11.2. The molecule has 1 rings (SSSR count). The molecule has 1 heterocycles. The van der Waals surface area contributed by atoms with E-state index in [4.69, 9.17) is 9.63 Å². The summed E-state index contributed by atoms with van der Waals surface area (Å²) >= 11 is 0. The molecule has 0 aromatic carbocycles. The van der Waals surface area contributed by atoms with E-state index in [1.54, 1.807) is 6.92 Å². The van der Waals surface area contributed by atoms with E-state index in [2.05, 4.69) is 10.5 Å². The highest BCUT2D eigenvalue weighted by Gasteiger charge is 2.11. The van der Waals surface area contributed by atoms with Crippen molar-refractivity contribution >= 4 is 23.7 Å². The maximum absolute atomic E-state index is 11.2. The standard InChI is InChI=1S/C9H11N3O5/c1-5-4-6(12-17-5)10-9(16)11-7(13)2-3-8(14)15/h4H,2-3H2,1H3,(H,14,15)(H2,10,11,12,13,16). The van der Waals surface area contributed by atoms with Gasteiger partial charge in [-0.2, -0.15) is 0 Å². The van der Waals surface area contributed by atoms with E-state index in [-0.39, 0.29) is 18.7 Å². The van der Waals surface area contributed by atoms with Crippen molar-refractivity contribution in [2.24, 2.45) is 0 Å². The molecule has 0 bridgehead atoms. The van der Waals surface area contributed by atoms with Gasteiger partial charge in [0.05, 0.1) is 6.42 Å². The Kier molecular flexibility index (Phi) is 4.21. The molecule has 0 aliphatic heterocycles. The van der Waals surface area contributed by atoms with Crippen LogP contribution < -0.4 is 10.6 Å². The number of carboxylic acid groups (broad SMARTS) is 1. The lowest BCUT2D eigenvalue weighted by molar-refractivity contribution is -0.138. The van der Waals surface area contributed by atoms with Gasteiger partial charge in [-0.05, 0) is 6.92 Å². The lowest BCUT2D eigenvalue weighted by atomic mass is 10.3. The van der Waals surface area contributed by atoms with E-state index < -0.39 is 17.9 Å². The van der Waals surface area contributed by atoms with Crippen molar-refractivity contribution in [2.75, 3.05) is 5.32 Å². The number of rotatable bonds is 4. The smallest absolute Gasteiger partial charge is 0.327 e. The van der Waals surface area contributed by atoms with Crippen LogP contribution in [-0.2, 0) is 9.59 Å². The Morgan fingerprint density at radius 2 is 2.12 bits per heavy atom. The zero-order chi connectivity index (χ0) is 12.8. The first-order valence-electron chi connectivity index (χ1n) is 4.73. The average molecular weight is 241 g/mol. The summed E-state index contributed by atoms with van der Waals surface area (Å²) in [6, 6.07) is 0.690. The molecule has 0 radical (unpaired) electrons. The summed E-state index contributed by atoms with van der Waals surface area (Å²) in [7, 11) is 0. The van der Waals surface area contributed by atoms with Gasteiger partial charge in [-0.15, -0.1) is 0 Å². The summed E-state index contributed by atoms with van der Waals surface area (Å²) in [5, 5.41) is 16.0. The number of hydrogen-bond donors (Lipinski definition) is 3. The predicted octanol–water partition coefficient (Wildman–Crippen LogP) is 0.496. The fourth-order valence-electron chi connectivity index (χ4n) is 0.982. The first kappa shape index (κ1) is 12.7. The Morgan fingerprint density at radius 1 is 1.41 bits per heavy atom. The third kappa shape index (κ3) is 4.78. The number of urea groups is 1. The van der Waals surface area contributed by atoms with Gasteiger partial charge in [0.15, 0.2) is 5.82 Å². The highest BCUT2D eigenvalue weighted by Crippen LogP contribution is 2.06. The van der Waals surface area contributed by atoms with Crippen molar-refractivity contribution in [2.45, 2.75) is 19.8 Å². The lowest BCUT2D eigenvalue weighted by Gasteiger charge is -2.02. The minimum atomic E-state index is -1.10. The third-order valence-electron chi connectivity index (χ3n) is 1.69. The van der Waals surface area contributed by atoms with E-state index in [0.717, 1.165) is 0 Å². The lowest BCUT2D eigenvalue weighted by Crippen LogP contribution is -2.34. The zero-order valence-electron chi connectivity index (χ0n) is 9.02. The van der Waals surface area contributed by atoms with Crippen molar-refractivity contribution in [3.05, 3.63) is 11.8 Å². The largest absolute Gasteiger partial charge is 0.481 e. The number of aromatic nitrogens is 1. The Bertz CT molecular complexity index is 440. The van der Waals surface area contributed by atoms with Gasteiger partial charge in [-0.25, -0.2) is 4.79 Å². The molecular weight excluding hydrogens is 230 g/mol. The van der Waals surface area contributed by atoms with Gasteiger partial charge < -0.3 is 9.63 Å². The van der Waals surface area contributed by atoms with E-state index in [1.807, 2.05) is 5.32 Å². The van der Waals surface area contributed by atoms with E-state index >= 15 is 0 Å². The molecule has 0 unspecified atom stereocenters. The molecule has 0 aliphatic rings. The van der Waals surface area contributed by atoms with Crippen LogP contribution in [0.15, 0.2) is 10.6 Å². The second-order valence-corrected chi connectivity index (χ2v) is 3.22. The number of aliphatic carboxylic acids is 1. The molecular formula is C9H11N3O5. The van der Waals surface area contributed by atoms with Crippen molar-refractivity contribution in [1.29, 1.82) is 0 Å². The molecule has 17 heavy (non-hydrogen) atoms. The second kappa shape index (κ2) is 5.64. The molecule has 0 saturated carbocycles. The highest BCUT2D eigenvalue weighted by atomic mass is 16.5. The van der Waals surface area contributed by atoms with Crippen LogP contribution in [0.4, 0.5) is 10.6 Å². The van der Waals surface area contributed by atoms with Crippen molar-refractivity contribution in [3.63, 3.8) is 0 Å². The summed E-state index contributed by atoms with van der Waals surface area (Å²) in [5.74, 6) is -1.10. The molecule has 3 amide bonds. The Morgan fingerprint density at radius 3 is 2.65 bits per heavy atom. The number of carbonyl (C=O) groups is 3. The van der Waals surface area contributed by atoms with Gasteiger partial charge in [0.1, 0.15) is 5.76 Å². The summed E-state index contributed by atoms with van der Waals surface area (Å²) in [6.45, 7) is 1.65. The Labute approximate surface area is 96.0 Å². The minimum Gasteiger partial charge on any atom is -0.481 e. The van der Waals surface area contributed by atoms with Crippen LogP contribution in [0.1, 0.15) is 18.6 Å². The topological polar surface area (TPSA) is 122 Å². The van der Waals surface area contributed by atoms with E-state index in [1.165, 1.54) is 6.07 Å². The fraction of sp³-hybridized carbons (Fsp3) is 0.333. The van der Waals surface area contributed by atoms with Gasteiger partial charge in [0, 0.05) is 12.5 Å². The summed E-state index contributed by atoms with van der Waals surface area (Å²) in [6.07, 6.45) is -0.594. The fourth-order valence-corrected chi connectivity index (χ4v) is 0.982. The van der Waals surface area contributed by atoms with Crippen molar-refractivity contribution in [1.82, 2.24) is 10.5 Å². The number of amides is 3. The van der Waals surface area contributed by atoms with E-state index in [9.17, 15) is 14.4 Å². The Hall–Kier alpha value is -2.38. The number of imide groups is 1. The molecule has 92 valence electrons. The van der Waals surface area contributed by atoms with Crippen molar-refractivity contribution in [3.8, 4) is 0 Å². The van der Waals surface area contributed by atoms with E-state index in [0.29, 0.717) is 5.76 Å². The SMILES string of the molecule is Cc1cc(NC(=O)NC(=O)CCC(=O)O)no1. The van der Waals surface area contributed by atoms with Gasteiger partial charge in [0.25, 0.3) is 0 Å². The number of nitrogens with zero attached hydrogens (tertiary/aromatic N) is 1. The third-order valence-corrected chi connectivity index (χ3v) is 1.69. The summed E-state index contributed by atoms with van der Waals surface area (Å²) < 4.78 is 4.69. The molecule has 1 aromatic rings. The molecule has 0 atom stereocenters. The van der Waals surface area contributed by atoms with Gasteiger partial charge in [0.2, 0.25) is 5.91 Å². The van der Waals surface area contributed by atoms with Crippen LogP contribution in [0.5, 0.6) is 0 Å². The first-order chi connectivity index (χ1) is 7.97. The van der Waals surface area contributed by atoms with Crippen LogP contribution in [0.25, 0.3) is 0 Å². The number of carbonyl (C=O) groups excluding carboxylic acids is 2. The summed E-state index contributed by atoms with van der Waals surface area (Å²) in [5.41, 5.74) is 0. The quantitative estimate of drug-likeness (QED) is 0.705. The summed E-state index contributed by atoms with van der Waals surface area (Å²) in [4.78, 5) is 32.5. The molecule has 0 fully saturated rings. The van der Waals surface area contributed by atoms with Crippen LogP contribution in [0.3, 0.4) is 0 Å².